The van der Waals surface area contributed by atoms with E-state index in [0.717, 1.165) is 11.6 Å². The fraction of sp³-hybridized carbons (Fsp3) is 0.154. The van der Waals surface area contributed by atoms with Crippen LogP contribution in [0.15, 0.2) is 30.3 Å². The van der Waals surface area contributed by atoms with Crippen molar-refractivity contribution in [3.05, 3.63) is 83.1 Å². The summed E-state index contributed by atoms with van der Waals surface area (Å²) < 4.78 is 78.4. The quantitative estimate of drug-likeness (QED) is 0.116. The summed E-state index contributed by atoms with van der Waals surface area (Å²) in [5, 5.41) is 39.4. The zero-order valence-corrected chi connectivity index (χ0v) is 27.0. The van der Waals surface area contributed by atoms with Gasteiger partial charge in [0.05, 0.1) is 36.1 Å². The topological polar surface area (TPSA) is 185 Å². The molecule has 0 unspecified atom stereocenters. The molecule has 256 valence electrons. The predicted molar refractivity (Wildman–Crippen MR) is 162 cm³/mol. The third kappa shape index (κ3) is 8.69. The standard InChI is InChI=1S/C13H6Cl2F3N5O3.C13H7Cl2F3N4O/c1-5(24)20-12-11(23(25)26)9(4-19)21-22(12)10-7(14)2-6(3-8(10)15)13(16,17)18;1-6(23)20-11-4-8(5-19)21-22(11)12-9(14)2-7(3-10(12)15)13(16,17)18/h2-3H,1H3,(H,20,24);2-4H,1H3,(H,20,23). The number of amides is 2. The van der Waals surface area contributed by atoms with E-state index >= 15 is 0 Å². The van der Waals surface area contributed by atoms with E-state index in [2.05, 4.69) is 20.8 Å². The number of anilines is 2. The second-order valence-corrected chi connectivity index (χ2v) is 10.8. The largest absolute Gasteiger partial charge is 0.416 e. The lowest BCUT2D eigenvalue weighted by atomic mass is 10.2. The SMILES string of the molecule is CC(=O)Nc1c([N+](=O)[O-])c(C#N)nn1-c1c(Cl)cc(C(F)(F)F)cc1Cl.CC(=O)Nc1cc(C#N)nn1-c1c(Cl)cc(C(F)(F)F)cc1Cl. The second-order valence-electron chi connectivity index (χ2n) is 9.20. The summed E-state index contributed by atoms with van der Waals surface area (Å²) in [6.07, 6.45) is -9.35. The van der Waals surface area contributed by atoms with Crippen LogP contribution in [0.25, 0.3) is 11.4 Å². The molecule has 0 aliphatic carbocycles. The van der Waals surface area contributed by atoms with Gasteiger partial charge >= 0.3 is 18.0 Å². The van der Waals surface area contributed by atoms with E-state index in [1.54, 1.807) is 6.07 Å². The highest BCUT2D eigenvalue weighted by Gasteiger charge is 2.35. The predicted octanol–water partition coefficient (Wildman–Crippen LogP) is 7.96. The lowest BCUT2D eigenvalue weighted by Crippen LogP contribution is -2.13. The normalized spacial score (nSPS) is 11.1. The Hall–Kier alpha value is -5.08. The number of benzene rings is 2. The third-order valence-corrected chi connectivity index (χ3v) is 6.84. The van der Waals surface area contributed by atoms with Crippen LogP contribution in [-0.2, 0) is 21.9 Å². The van der Waals surface area contributed by atoms with Crippen molar-refractivity contribution in [1.82, 2.24) is 19.6 Å². The molecular weight excluding hydrogens is 758 g/mol. The monoisotopic (exact) mass is 769 g/mol. The number of aromatic nitrogens is 4. The number of hydrogen-bond acceptors (Lipinski definition) is 8. The van der Waals surface area contributed by atoms with Gasteiger partial charge in [-0.1, -0.05) is 46.4 Å². The molecule has 13 nitrogen and oxygen atoms in total. The van der Waals surface area contributed by atoms with Gasteiger partial charge in [0.15, 0.2) is 5.69 Å². The molecule has 2 aromatic carbocycles. The van der Waals surface area contributed by atoms with Gasteiger partial charge < -0.3 is 10.6 Å². The van der Waals surface area contributed by atoms with Crippen LogP contribution in [0, 0.1) is 32.8 Å². The number of hydrogen-bond donors (Lipinski definition) is 2. The van der Waals surface area contributed by atoms with Gasteiger partial charge in [0.1, 0.15) is 29.3 Å². The fourth-order valence-electron chi connectivity index (χ4n) is 3.84. The fourth-order valence-corrected chi connectivity index (χ4v) is 5.13. The van der Waals surface area contributed by atoms with Gasteiger partial charge in [-0.05, 0) is 24.3 Å². The summed E-state index contributed by atoms with van der Waals surface area (Å²) in [6, 6.07) is 6.92. The molecule has 0 bridgehead atoms. The smallest absolute Gasteiger partial charge is 0.311 e. The van der Waals surface area contributed by atoms with Gasteiger partial charge in [-0.25, -0.2) is 9.36 Å². The highest BCUT2D eigenvalue weighted by molar-refractivity contribution is 6.38. The van der Waals surface area contributed by atoms with Crippen LogP contribution in [0.4, 0.5) is 43.7 Å². The number of nitrogens with zero attached hydrogens (tertiary/aromatic N) is 7. The lowest BCUT2D eigenvalue weighted by molar-refractivity contribution is -0.384. The number of nitrogens with one attached hydrogen (secondary N) is 2. The number of rotatable bonds is 5. The van der Waals surface area contributed by atoms with E-state index < -0.39 is 67.5 Å². The number of carbonyl (C=O) groups is 2. The van der Waals surface area contributed by atoms with E-state index in [-0.39, 0.29) is 32.9 Å². The molecular formula is C26H13Cl4F6N9O4. The van der Waals surface area contributed by atoms with Gasteiger partial charge in [-0.3, -0.25) is 19.7 Å². The van der Waals surface area contributed by atoms with Crippen molar-refractivity contribution in [2.24, 2.45) is 0 Å². The Kier molecular flexibility index (Phi) is 11.4. The summed E-state index contributed by atoms with van der Waals surface area (Å²) in [5.74, 6) is -1.73. The molecule has 0 aliphatic heterocycles. The molecule has 0 fully saturated rings. The molecule has 23 heteroatoms. The van der Waals surface area contributed by atoms with Crippen molar-refractivity contribution in [3.63, 3.8) is 0 Å². The zero-order valence-electron chi connectivity index (χ0n) is 23.9. The highest BCUT2D eigenvalue weighted by Crippen LogP contribution is 2.41. The average Bonchev–Trinajstić information content (AvgIpc) is 3.52. The number of nitriles is 2. The first-order valence-corrected chi connectivity index (χ1v) is 14.0. The molecule has 2 amide bonds. The Bertz CT molecular complexity index is 2040. The third-order valence-electron chi connectivity index (χ3n) is 5.68. The second kappa shape index (κ2) is 14.6. The summed E-state index contributed by atoms with van der Waals surface area (Å²) >= 11 is 23.5. The molecule has 0 saturated carbocycles. The molecule has 4 rings (SSSR count). The van der Waals surface area contributed by atoms with Crippen LogP contribution in [0.3, 0.4) is 0 Å². The Morgan fingerprint density at radius 1 is 0.776 bits per heavy atom. The van der Waals surface area contributed by atoms with Crippen molar-refractivity contribution in [3.8, 4) is 23.5 Å². The Morgan fingerprint density at radius 2 is 1.20 bits per heavy atom. The van der Waals surface area contributed by atoms with Crippen LogP contribution >= 0.6 is 46.4 Å². The molecule has 0 aliphatic rings. The maximum Gasteiger partial charge on any atom is 0.416 e. The molecule has 0 radical (unpaired) electrons. The first-order chi connectivity index (χ1) is 22.6. The van der Waals surface area contributed by atoms with E-state index in [4.69, 9.17) is 56.9 Å². The maximum absolute atomic E-state index is 12.8. The van der Waals surface area contributed by atoms with Gasteiger partial charge in [0, 0.05) is 19.9 Å². The summed E-state index contributed by atoms with van der Waals surface area (Å²) in [7, 11) is 0. The summed E-state index contributed by atoms with van der Waals surface area (Å²) in [6.45, 7) is 2.25. The summed E-state index contributed by atoms with van der Waals surface area (Å²) in [5.41, 5.74) is -4.23. The Labute approximate surface area is 289 Å². The molecule has 2 heterocycles. The van der Waals surface area contributed by atoms with Gasteiger partial charge in [0.2, 0.25) is 23.3 Å². The lowest BCUT2D eigenvalue weighted by Gasteiger charge is -2.14. The molecule has 4 aromatic rings. The van der Waals surface area contributed by atoms with Gasteiger partial charge in [-0.2, -0.15) is 42.0 Å². The van der Waals surface area contributed by atoms with Crippen molar-refractivity contribution in [1.29, 1.82) is 10.5 Å². The Balaban J connectivity index is 0.000000267. The first-order valence-electron chi connectivity index (χ1n) is 12.5. The van der Waals surface area contributed by atoms with Crippen LogP contribution < -0.4 is 10.6 Å². The van der Waals surface area contributed by atoms with Crippen LogP contribution in [0.1, 0.15) is 36.4 Å². The molecule has 2 aromatic heterocycles. The molecule has 2 N–H and O–H groups in total. The number of alkyl halides is 6. The van der Waals surface area contributed by atoms with Crippen molar-refractivity contribution >= 4 is 75.5 Å². The number of nitro groups is 1. The van der Waals surface area contributed by atoms with E-state index in [1.807, 2.05) is 0 Å². The van der Waals surface area contributed by atoms with Crippen LogP contribution in [0.5, 0.6) is 0 Å². The highest BCUT2D eigenvalue weighted by atomic mass is 35.5. The Morgan fingerprint density at radius 3 is 1.55 bits per heavy atom. The minimum absolute atomic E-state index is 0.0533. The molecule has 0 atom stereocenters. The average molecular weight is 771 g/mol. The van der Waals surface area contributed by atoms with Crippen molar-refractivity contribution < 1.29 is 40.9 Å². The van der Waals surface area contributed by atoms with E-state index in [9.17, 15) is 46.0 Å². The minimum Gasteiger partial charge on any atom is -0.311 e. The molecule has 49 heavy (non-hydrogen) atoms. The first kappa shape index (κ1) is 38.4. The maximum atomic E-state index is 12.8. The molecule has 0 saturated heterocycles. The number of halogens is 10. The minimum atomic E-state index is -4.74. The van der Waals surface area contributed by atoms with Gasteiger partial charge in [0.25, 0.3) is 0 Å². The molecule has 0 spiro atoms. The van der Waals surface area contributed by atoms with Gasteiger partial charge in [-0.15, -0.1) is 5.10 Å². The van der Waals surface area contributed by atoms with Crippen LogP contribution in [-0.4, -0.2) is 36.3 Å². The zero-order chi connectivity index (χ0) is 37.2. The van der Waals surface area contributed by atoms with Crippen molar-refractivity contribution in [2.75, 3.05) is 10.6 Å². The van der Waals surface area contributed by atoms with Crippen molar-refractivity contribution in [2.45, 2.75) is 26.2 Å². The van der Waals surface area contributed by atoms with E-state index in [0.29, 0.717) is 28.9 Å². The summed E-state index contributed by atoms with van der Waals surface area (Å²) in [4.78, 5) is 32.8. The van der Waals surface area contributed by atoms with Crippen LogP contribution in [0.2, 0.25) is 20.1 Å². The number of carbonyl (C=O) groups excluding carboxylic acids is 2. The van der Waals surface area contributed by atoms with E-state index in [1.165, 1.54) is 19.1 Å².